The van der Waals surface area contributed by atoms with Crippen LogP contribution in [0, 0.1) is 5.92 Å². The first-order chi connectivity index (χ1) is 8.84. The van der Waals surface area contributed by atoms with Gasteiger partial charge in [0.25, 0.3) is 0 Å². The van der Waals surface area contributed by atoms with Gasteiger partial charge in [-0.1, -0.05) is 50.0 Å². The lowest BCUT2D eigenvalue weighted by Gasteiger charge is -2.24. The maximum absolute atomic E-state index is 10.00. The second-order valence-corrected chi connectivity index (χ2v) is 5.27. The standard InChI is InChI=1S/C16H28O2/c17-14-10-5-3-1-2-4-9-13-16(18)15-11-7-6-8-12-15/h2,4,9,13,15-18H,1,3,5-8,10-12,14H2/b4-2-,13-9+. The van der Waals surface area contributed by atoms with Crippen molar-refractivity contribution in [3.05, 3.63) is 24.3 Å². The van der Waals surface area contributed by atoms with Crippen LogP contribution in [-0.2, 0) is 0 Å². The molecule has 0 aromatic carbocycles. The highest BCUT2D eigenvalue weighted by Crippen LogP contribution is 2.26. The Morgan fingerprint density at radius 2 is 1.78 bits per heavy atom. The Morgan fingerprint density at radius 1 is 1.00 bits per heavy atom. The van der Waals surface area contributed by atoms with E-state index in [9.17, 15) is 5.11 Å². The van der Waals surface area contributed by atoms with Gasteiger partial charge in [0, 0.05) is 6.61 Å². The van der Waals surface area contributed by atoms with Crippen molar-refractivity contribution in [2.75, 3.05) is 6.61 Å². The van der Waals surface area contributed by atoms with Gasteiger partial charge in [0.2, 0.25) is 0 Å². The second kappa shape index (κ2) is 10.3. The molecule has 0 heterocycles. The van der Waals surface area contributed by atoms with Crippen LogP contribution in [0.4, 0.5) is 0 Å². The second-order valence-electron chi connectivity index (χ2n) is 5.27. The Labute approximate surface area is 111 Å². The fraction of sp³-hybridized carbons (Fsp3) is 0.750. The summed E-state index contributed by atoms with van der Waals surface area (Å²) in [4.78, 5) is 0. The van der Waals surface area contributed by atoms with Crippen molar-refractivity contribution in [2.45, 2.75) is 63.9 Å². The molecular weight excluding hydrogens is 224 g/mol. The van der Waals surface area contributed by atoms with Gasteiger partial charge in [-0.15, -0.1) is 0 Å². The number of hydrogen-bond acceptors (Lipinski definition) is 2. The molecule has 18 heavy (non-hydrogen) atoms. The van der Waals surface area contributed by atoms with Crippen LogP contribution in [0.3, 0.4) is 0 Å². The topological polar surface area (TPSA) is 40.5 Å². The van der Waals surface area contributed by atoms with Crippen LogP contribution >= 0.6 is 0 Å². The van der Waals surface area contributed by atoms with E-state index in [1.165, 1.54) is 32.1 Å². The Morgan fingerprint density at radius 3 is 2.50 bits per heavy atom. The lowest BCUT2D eigenvalue weighted by molar-refractivity contribution is 0.125. The zero-order valence-corrected chi connectivity index (χ0v) is 11.4. The monoisotopic (exact) mass is 252 g/mol. The van der Waals surface area contributed by atoms with Crippen molar-refractivity contribution in [3.63, 3.8) is 0 Å². The van der Waals surface area contributed by atoms with Gasteiger partial charge in [0.1, 0.15) is 0 Å². The van der Waals surface area contributed by atoms with E-state index in [2.05, 4.69) is 6.08 Å². The molecule has 0 aliphatic heterocycles. The summed E-state index contributed by atoms with van der Waals surface area (Å²) in [6.45, 7) is 0.303. The molecule has 1 atom stereocenters. The van der Waals surface area contributed by atoms with Crippen LogP contribution in [0.1, 0.15) is 57.8 Å². The van der Waals surface area contributed by atoms with Gasteiger partial charge < -0.3 is 10.2 Å². The lowest BCUT2D eigenvalue weighted by Crippen LogP contribution is -2.20. The minimum atomic E-state index is -0.260. The molecule has 2 heteroatoms. The zero-order chi connectivity index (χ0) is 13.1. The quantitative estimate of drug-likeness (QED) is 0.512. The molecule has 0 saturated heterocycles. The van der Waals surface area contributed by atoms with E-state index in [4.69, 9.17) is 5.11 Å². The first-order valence-electron chi connectivity index (χ1n) is 7.47. The lowest BCUT2D eigenvalue weighted by atomic mass is 9.85. The van der Waals surface area contributed by atoms with Crippen LogP contribution in [0.15, 0.2) is 24.3 Å². The molecular formula is C16H28O2. The maximum atomic E-state index is 10.00. The Bertz CT molecular complexity index is 239. The highest BCUT2D eigenvalue weighted by atomic mass is 16.3. The fourth-order valence-corrected chi connectivity index (χ4v) is 2.54. The molecule has 104 valence electrons. The van der Waals surface area contributed by atoms with Gasteiger partial charge in [-0.2, -0.15) is 0 Å². The van der Waals surface area contributed by atoms with Gasteiger partial charge in [-0.3, -0.25) is 0 Å². The molecule has 1 saturated carbocycles. The summed E-state index contributed by atoms with van der Waals surface area (Å²) >= 11 is 0. The third kappa shape index (κ3) is 6.97. The largest absolute Gasteiger partial charge is 0.396 e. The minimum Gasteiger partial charge on any atom is -0.396 e. The molecule has 1 unspecified atom stereocenters. The van der Waals surface area contributed by atoms with E-state index in [0.717, 1.165) is 25.7 Å². The Hall–Kier alpha value is -0.600. The van der Waals surface area contributed by atoms with Crippen LogP contribution < -0.4 is 0 Å². The van der Waals surface area contributed by atoms with Crippen molar-refractivity contribution in [1.29, 1.82) is 0 Å². The van der Waals surface area contributed by atoms with E-state index in [1.807, 2.05) is 18.2 Å². The molecule has 0 aromatic heterocycles. The SMILES string of the molecule is OCCCCC/C=C\C=C\C(O)C1CCCCC1. The van der Waals surface area contributed by atoms with Crippen molar-refractivity contribution in [3.8, 4) is 0 Å². The first-order valence-corrected chi connectivity index (χ1v) is 7.47. The molecule has 0 amide bonds. The van der Waals surface area contributed by atoms with Gasteiger partial charge >= 0.3 is 0 Å². The summed E-state index contributed by atoms with van der Waals surface area (Å²) in [5.74, 6) is 0.480. The molecule has 0 radical (unpaired) electrons. The van der Waals surface area contributed by atoms with Gasteiger partial charge in [-0.05, 0) is 38.0 Å². The van der Waals surface area contributed by atoms with Crippen molar-refractivity contribution >= 4 is 0 Å². The van der Waals surface area contributed by atoms with E-state index < -0.39 is 0 Å². The zero-order valence-electron chi connectivity index (χ0n) is 11.4. The highest BCUT2D eigenvalue weighted by Gasteiger charge is 2.18. The molecule has 0 aromatic rings. The molecule has 0 bridgehead atoms. The van der Waals surface area contributed by atoms with Crippen LogP contribution in [0.5, 0.6) is 0 Å². The smallest absolute Gasteiger partial charge is 0.0752 e. The van der Waals surface area contributed by atoms with Gasteiger partial charge in [0.05, 0.1) is 6.10 Å². The average molecular weight is 252 g/mol. The molecule has 1 aliphatic rings. The van der Waals surface area contributed by atoms with Crippen LogP contribution in [0.2, 0.25) is 0 Å². The Kier molecular flexibility index (Phi) is 8.87. The minimum absolute atomic E-state index is 0.260. The third-order valence-electron chi connectivity index (χ3n) is 3.72. The van der Waals surface area contributed by atoms with Crippen molar-refractivity contribution in [1.82, 2.24) is 0 Å². The number of aliphatic hydroxyl groups excluding tert-OH is 2. The van der Waals surface area contributed by atoms with Gasteiger partial charge in [0.15, 0.2) is 0 Å². The summed E-state index contributed by atoms with van der Waals surface area (Å²) in [7, 11) is 0. The predicted molar refractivity (Wildman–Crippen MR) is 76.4 cm³/mol. The fourth-order valence-electron chi connectivity index (χ4n) is 2.54. The van der Waals surface area contributed by atoms with E-state index in [-0.39, 0.29) is 6.10 Å². The number of aliphatic hydroxyl groups is 2. The number of hydrogen-bond donors (Lipinski definition) is 2. The summed E-state index contributed by atoms with van der Waals surface area (Å²) in [6.07, 6.45) is 18.3. The highest BCUT2D eigenvalue weighted by molar-refractivity contribution is 5.05. The normalized spacial score (nSPS) is 19.9. The molecule has 2 nitrogen and oxygen atoms in total. The molecule has 1 rings (SSSR count). The van der Waals surface area contributed by atoms with Crippen LogP contribution in [-0.4, -0.2) is 22.9 Å². The van der Waals surface area contributed by atoms with Crippen molar-refractivity contribution < 1.29 is 10.2 Å². The molecule has 2 N–H and O–H groups in total. The van der Waals surface area contributed by atoms with Crippen LogP contribution in [0.25, 0.3) is 0 Å². The van der Waals surface area contributed by atoms with Gasteiger partial charge in [-0.25, -0.2) is 0 Å². The first kappa shape index (κ1) is 15.5. The summed E-state index contributed by atoms with van der Waals surface area (Å²) in [5.41, 5.74) is 0. The average Bonchev–Trinajstić information content (AvgIpc) is 2.42. The number of allylic oxidation sites excluding steroid dienone is 3. The summed E-state index contributed by atoms with van der Waals surface area (Å²) < 4.78 is 0. The summed E-state index contributed by atoms with van der Waals surface area (Å²) in [6, 6.07) is 0. The van der Waals surface area contributed by atoms with E-state index in [1.54, 1.807) is 0 Å². The third-order valence-corrected chi connectivity index (χ3v) is 3.72. The molecule has 0 spiro atoms. The Balaban J connectivity index is 2.08. The molecule has 1 fully saturated rings. The maximum Gasteiger partial charge on any atom is 0.0752 e. The summed E-state index contributed by atoms with van der Waals surface area (Å²) in [5, 5.41) is 18.6. The predicted octanol–water partition coefficient (Wildman–Crippen LogP) is 3.59. The van der Waals surface area contributed by atoms with E-state index in [0.29, 0.717) is 12.5 Å². The number of unbranched alkanes of at least 4 members (excludes halogenated alkanes) is 3. The molecule has 1 aliphatic carbocycles. The number of rotatable bonds is 8. The van der Waals surface area contributed by atoms with E-state index >= 15 is 0 Å². The van der Waals surface area contributed by atoms with Crippen molar-refractivity contribution in [2.24, 2.45) is 5.92 Å².